The summed E-state index contributed by atoms with van der Waals surface area (Å²) < 4.78 is 0. The number of amides is 1. The fourth-order valence-electron chi connectivity index (χ4n) is 6.45. The molecule has 4 fully saturated rings. The van der Waals surface area contributed by atoms with E-state index >= 15 is 0 Å². The van der Waals surface area contributed by atoms with E-state index in [9.17, 15) is 14.7 Å². The lowest BCUT2D eigenvalue weighted by molar-refractivity contribution is -0.127. The van der Waals surface area contributed by atoms with Crippen LogP contribution in [-0.4, -0.2) is 17.0 Å². The molecule has 5 heteroatoms. The molecule has 4 bridgehead atoms. The standard InChI is InChI=1S/C20H25NO3S/c22-18(23)16-14-4-2-1-3-5-15(14)25-17(16)21-19(24)20-9-11-6-12(10-20)8-13(20)7-11/h11-13H,1-10H2,(H,21,24)(H,22,23). The number of nitrogens with one attached hydrogen (secondary N) is 1. The molecule has 1 amide bonds. The van der Waals surface area contributed by atoms with Gasteiger partial charge in [0.1, 0.15) is 5.00 Å². The summed E-state index contributed by atoms with van der Waals surface area (Å²) in [6.45, 7) is 0. The van der Waals surface area contributed by atoms with Gasteiger partial charge in [-0.1, -0.05) is 6.42 Å². The molecule has 25 heavy (non-hydrogen) atoms. The molecular weight excluding hydrogens is 334 g/mol. The molecule has 0 saturated heterocycles. The second kappa shape index (κ2) is 5.57. The van der Waals surface area contributed by atoms with Gasteiger partial charge in [0.15, 0.2) is 0 Å². The number of carboxylic acid groups (broad SMARTS) is 1. The molecule has 4 nitrogen and oxygen atoms in total. The highest BCUT2D eigenvalue weighted by atomic mass is 32.1. The molecule has 4 saturated carbocycles. The summed E-state index contributed by atoms with van der Waals surface area (Å²) in [6, 6.07) is 0. The summed E-state index contributed by atoms with van der Waals surface area (Å²) in [4.78, 5) is 26.3. The monoisotopic (exact) mass is 359 g/mol. The predicted octanol–water partition coefficient (Wildman–Crippen LogP) is 4.48. The normalized spacial score (nSPS) is 35.4. The largest absolute Gasteiger partial charge is 0.478 e. The van der Waals surface area contributed by atoms with E-state index in [1.807, 2.05) is 0 Å². The van der Waals surface area contributed by atoms with Gasteiger partial charge in [0.25, 0.3) is 0 Å². The van der Waals surface area contributed by atoms with E-state index in [0.29, 0.717) is 16.5 Å². The van der Waals surface area contributed by atoms with Crippen molar-refractivity contribution in [3.8, 4) is 0 Å². The van der Waals surface area contributed by atoms with Crippen LogP contribution in [-0.2, 0) is 17.6 Å². The smallest absolute Gasteiger partial charge is 0.339 e. The summed E-state index contributed by atoms with van der Waals surface area (Å²) in [6.07, 6.45) is 10.9. The number of aryl methyl sites for hydroxylation is 1. The summed E-state index contributed by atoms with van der Waals surface area (Å²) in [5.41, 5.74) is 1.16. The van der Waals surface area contributed by atoms with Crippen LogP contribution in [0.4, 0.5) is 5.00 Å². The van der Waals surface area contributed by atoms with E-state index in [4.69, 9.17) is 0 Å². The van der Waals surface area contributed by atoms with Gasteiger partial charge < -0.3 is 10.4 Å². The van der Waals surface area contributed by atoms with Gasteiger partial charge >= 0.3 is 5.97 Å². The molecular formula is C20H25NO3S. The zero-order valence-electron chi connectivity index (χ0n) is 14.5. The van der Waals surface area contributed by atoms with E-state index < -0.39 is 5.97 Å². The lowest BCUT2D eigenvalue weighted by Gasteiger charge is -2.31. The number of thiophene rings is 1. The molecule has 5 aliphatic carbocycles. The van der Waals surface area contributed by atoms with Crippen molar-refractivity contribution in [3.05, 3.63) is 16.0 Å². The van der Waals surface area contributed by atoms with Crippen LogP contribution in [0, 0.1) is 23.2 Å². The van der Waals surface area contributed by atoms with Crippen molar-refractivity contribution in [3.63, 3.8) is 0 Å². The van der Waals surface area contributed by atoms with Crippen molar-refractivity contribution in [1.82, 2.24) is 0 Å². The third kappa shape index (κ3) is 2.31. The summed E-state index contributed by atoms with van der Waals surface area (Å²) in [5, 5.41) is 13.5. The Morgan fingerprint density at radius 3 is 2.48 bits per heavy atom. The van der Waals surface area contributed by atoms with Crippen molar-refractivity contribution in [2.24, 2.45) is 23.2 Å². The Labute approximate surface area is 152 Å². The van der Waals surface area contributed by atoms with Gasteiger partial charge in [0.2, 0.25) is 5.91 Å². The van der Waals surface area contributed by atoms with Crippen LogP contribution in [0.25, 0.3) is 0 Å². The average molecular weight is 359 g/mol. The number of hydrogen-bond acceptors (Lipinski definition) is 3. The van der Waals surface area contributed by atoms with Crippen molar-refractivity contribution < 1.29 is 14.7 Å². The zero-order valence-corrected chi connectivity index (χ0v) is 15.3. The molecule has 6 rings (SSSR count). The molecule has 0 aliphatic heterocycles. The van der Waals surface area contributed by atoms with Crippen molar-refractivity contribution in [2.75, 3.05) is 5.32 Å². The lowest BCUT2D eigenvalue weighted by atomic mass is 9.75. The van der Waals surface area contributed by atoms with Crippen LogP contribution in [0.1, 0.15) is 72.2 Å². The first-order valence-electron chi connectivity index (χ1n) is 9.76. The zero-order chi connectivity index (χ0) is 17.2. The molecule has 0 aromatic carbocycles. The Bertz CT molecular complexity index is 738. The highest BCUT2D eigenvalue weighted by molar-refractivity contribution is 7.17. The molecule has 5 aliphatic rings. The Kier molecular flexibility index (Phi) is 3.53. The Morgan fingerprint density at radius 2 is 1.76 bits per heavy atom. The van der Waals surface area contributed by atoms with E-state index in [1.54, 1.807) is 0 Å². The van der Waals surface area contributed by atoms with Gasteiger partial charge in [-0.2, -0.15) is 0 Å². The summed E-state index contributed by atoms with van der Waals surface area (Å²) >= 11 is 1.52. The van der Waals surface area contributed by atoms with Crippen LogP contribution in [0.2, 0.25) is 0 Å². The van der Waals surface area contributed by atoms with Crippen molar-refractivity contribution in [2.45, 2.75) is 64.2 Å². The highest BCUT2D eigenvalue weighted by Crippen LogP contribution is 2.65. The number of hydrogen-bond donors (Lipinski definition) is 2. The van der Waals surface area contributed by atoms with Crippen LogP contribution < -0.4 is 5.32 Å². The van der Waals surface area contributed by atoms with Gasteiger partial charge in [-0.15, -0.1) is 11.3 Å². The quantitative estimate of drug-likeness (QED) is 0.782. The minimum atomic E-state index is -0.885. The summed E-state index contributed by atoms with van der Waals surface area (Å²) in [5.74, 6) is 1.21. The number of rotatable bonds is 3. The van der Waals surface area contributed by atoms with Crippen molar-refractivity contribution in [1.29, 1.82) is 0 Å². The molecule has 134 valence electrons. The molecule has 2 unspecified atom stereocenters. The SMILES string of the molecule is O=C(O)c1c(NC(=O)C23CC4CC(CC2C4)C3)sc2c1CCCCC2. The molecule has 0 radical (unpaired) electrons. The predicted molar refractivity (Wildman–Crippen MR) is 97.2 cm³/mol. The maximum absolute atomic E-state index is 13.2. The minimum absolute atomic E-state index is 0.112. The van der Waals surface area contributed by atoms with Gasteiger partial charge in [-0.05, 0) is 81.1 Å². The lowest BCUT2D eigenvalue weighted by Crippen LogP contribution is -2.37. The van der Waals surface area contributed by atoms with Gasteiger partial charge in [-0.25, -0.2) is 4.79 Å². The Morgan fingerprint density at radius 1 is 1.04 bits per heavy atom. The van der Waals surface area contributed by atoms with Crippen LogP contribution in [0.15, 0.2) is 0 Å². The summed E-state index contributed by atoms with van der Waals surface area (Å²) in [7, 11) is 0. The van der Waals surface area contributed by atoms with Crippen LogP contribution in [0.3, 0.4) is 0 Å². The van der Waals surface area contributed by atoms with Crippen LogP contribution >= 0.6 is 11.3 Å². The molecule has 1 heterocycles. The van der Waals surface area contributed by atoms with E-state index in [2.05, 4.69) is 5.32 Å². The molecule has 1 aromatic rings. The van der Waals surface area contributed by atoms with Crippen LogP contribution in [0.5, 0.6) is 0 Å². The van der Waals surface area contributed by atoms with E-state index in [1.165, 1.54) is 35.5 Å². The maximum Gasteiger partial charge on any atom is 0.339 e. The van der Waals surface area contributed by atoms with Gasteiger partial charge in [-0.3, -0.25) is 4.79 Å². The molecule has 2 atom stereocenters. The number of anilines is 1. The number of carbonyl (C=O) groups excluding carboxylic acids is 1. The fourth-order valence-corrected chi connectivity index (χ4v) is 7.73. The highest BCUT2D eigenvalue weighted by Gasteiger charge is 2.61. The molecule has 0 spiro atoms. The van der Waals surface area contributed by atoms with Gasteiger partial charge in [0.05, 0.1) is 11.0 Å². The van der Waals surface area contributed by atoms with Gasteiger partial charge in [0, 0.05) is 4.88 Å². The van der Waals surface area contributed by atoms with E-state index in [0.717, 1.165) is 62.3 Å². The Hall–Kier alpha value is -1.36. The second-order valence-corrected chi connectivity index (χ2v) is 9.83. The first kappa shape index (κ1) is 15.9. The first-order valence-corrected chi connectivity index (χ1v) is 10.6. The Balaban J connectivity index is 1.46. The topological polar surface area (TPSA) is 66.4 Å². The maximum atomic E-state index is 13.2. The molecule has 2 N–H and O–H groups in total. The average Bonchev–Trinajstić information content (AvgIpc) is 3.03. The number of carbonyl (C=O) groups is 2. The third-order valence-corrected chi connectivity index (χ3v) is 8.51. The van der Waals surface area contributed by atoms with E-state index in [-0.39, 0.29) is 11.3 Å². The number of fused-ring (bicyclic) bond motifs is 1. The molecule has 1 aromatic heterocycles. The number of aromatic carboxylic acids is 1. The second-order valence-electron chi connectivity index (χ2n) is 8.73. The number of carboxylic acids is 1. The fraction of sp³-hybridized carbons (Fsp3) is 0.700. The first-order chi connectivity index (χ1) is 12.1. The van der Waals surface area contributed by atoms with Crippen molar-refractivity contribution >= 4 is 28.2 Å². The third-order valence-electron chi connectivity index (χ3n) is 7.30. The minimum Gasteiger partial charge on any atom is -0.478 e.